The Morgan fingerprint density at radius 1 is 1.61 bits per heavy atom. The number of carbonyl (C=O) groups is 1. The van der Waals surface area contributed by atoms with Gasteiger partial charge in [0.2, 0.25) is 5.91 Å². The predicted molar refractivity (Wildman–Crippen MR) is 70.6 cm³/mol. The van der Waals surface area contributed by atoms with Crippen LogP contribution in [0.15, 0.2) is 12.3 Å². The van der Waals surface area contributed by atoms with Crippen LogP contribution in [0.5, 0.6) is 0 Å². The zero-order valence-electron chi connectivity index (χ0n) is 9.73. The molecule has 1 atom stereocenters. The molecular weight excluding hydrogens is 275 g/mol. The summed E-state index contributed by atoms with van der Waals surface area (Å²) in [6.45, 7) is 2.22. The van der Waals surface area contributed by atoms with E-state index < -0.39 is 0 Å². The van der Waals surface area contributed by atoms with E-state index in [4.69, 9.17) is 28.9 Å². The Labute approximate surface area is 114 Å². The highest BCUT2D eigenvalue weighted by atomic mass is 35.5. The van der Waals surface area contributed by atoms with Gasteiger partial charge in [0, 0.05) is 19.2 Å². The van der Waals surface area contributed by atoms with E-state index in [1.807, 2.05) is 6.92 Å². The van der Waals surface area contributed by atoms with Crippen LogP contribution in [0.2, 0.25) is 5.02 Å². The number of rotatable bonds is 4. The van der Waals surface area contributed by atoms with Crippen LogP contribution in [-0.4, -0.2) is 20.4 Å². The van der Waals surface area contributed by atoms with Crippen molar-refractivity contribution in [1.29, 1.82) is 0 Å². The Bertz CT molecular complexity index is 594. The molecule has 0 fully saturated rings. The van der Waals surface area contributed by atoms with Crippen molar-refractivity contribution in [3.05, 3.63) is 23.1 Å². The van der Waals surface area contributed by atoms with Crippen molar-refractivity contribution in [1.82, 2.24) is 14.5 Å². The molecule has 0 aromatic carbocycles. The number of carbonyl (C=O) groups excluding carboxylic acids is 1. The maximum Gasteiger partial charge on any atom is 0.219 e. The molecular formula is C11H12Cl2N4O. The normalized spacial score (nSPS) is 12.8. The molecule has 0 aliphatic heterocycles. The lowest BCUT2D eigenvalue weighted by molar-refractivity contribution is -0.118. The first-order valence-corrected chi connectivity index (χ1v) is 6.24. The number of nitrogens with two attached hydrogens (primary N) is 1. The fourth-order valence-electron chi connectivity index (χ4n) is 1.75. The van der Waals surface area contributed by atoms with Crippen molar-refractivity contribution in [3.8, 4) is 0 Å². The number of amides is 1. The maximum absolute atomic E-state index is 10.9. The number of hydrogen-bond acceptors (Lipinski definition) is 3. The maximum atomic E-state index is 10.9. The molecule has 2 aromatic rings. The zero-order chi connectivity index (χ0) is 13.3. The number of aromatic nitrogens is 3. The molecule has 0 saturated carbocycles. The highest BCUT2D eigenvalue weighted by Gasteiger charge is 2.16. The molecule has 0 saturated heterocycles. The Morgan fingerprint density at radius 2 is 2.33 bits per heavy atom. The zero-order valence-corrected chi connectivity index (χ0v) is 11.2. The molecule has 0 spiro atoms. The van der Waals surface area contributed by atoms with E-state index in [0.29, 0.717) is 28.6 Å². The third-order valence-electron chi connectivity index (χ3n) is 2.52. The average Bonchev–Trinajstić information content (AvgIpc) is 2.64. The number of hydrogen-bond donors (Lipinski definition) is 1. The van der Waals surface area contributed by atoms with Gasteiger partial charge >= 0.3 is 0 Å². The highest BCUT2D eigenvalue weighted by Crippen LogP contribution is 2.25. The van der Waals surface area contributed by atoms with E-state index in [0.717, 1.165) is 0 Å². The van der Waals surface area contributed by atoms with Gasteiger partial charge in [0.25, 0.3) is 0 Å². The summed E-state index contributed by atoms with van der Waals surface area (Å²) in [5.41, 5.74) is 6.47. The number of aryl methyl sites for hydroxylation is 1. The minimum Gasteiger partial charge on any atom is -0.370 e. The summed E-state index contributed by atoms with van der Waals surface area (Å²) < 4.78 is 1.80. The van der Waals surface area contributed by atoms with Crippen molar-refractivity contribution in [2.75, 3.05) is 0 Å². The molecule has 2 rings (SSSR count). The Morgan fingerprint density at radius 3 is 2.94 bits per heavy atom. The van der Waals surface area contributed by atoms with Crippen molar-refractivity contribution >= 4 is 40.3 Å². The van der Waals surface area contributed by atoms with Gasteiger partial charge in [-0.25, -0.2) is 9.97 Å². The van der Waals surface area contributed by atoms with Gasteiger partial charge in [-0.2, -0.15) is 0 Å². The van der Waals surface area contributed by atoms with Gasteiger partial charge in [-0.05, 0) is 13.0 Å². The molecule has 0 aliphatic carbocycles. The van der Waals surface area contributed by atoms with Crippen LogP contribution in [0.1, 0.15) is 24.5 Å². The third-order valence-corrected chi connectivity index (χ3v) is 2.92. The van der Waals surface area contributed by atoms with E-state index in [1.165, 1.54) is 6.20 Å². The van der Waals surface area contributed by atoms with Gasteiger partial charge in [-0.1, -0.05) is 11.6 Å². The van der Waals surface area contributed by atoms with E-state index in [2.05, 4.69) is 9.97 Å². The summed E-state index contributed by atoms with van der Waals surface area (Å²) in [5, 5.41) is 0.224. The van der Waals surface area contributed by atoms with Crippen molar-refractivity contribution in [2.45, 2.75) is 25.3 Å². The van der Waals surface area contributed by atoms with Crippen LogP contribution in [0.25, 0.3) is 11.2 Å². The first-order valence-electron chi connectivity index (χ1n) is 5.43. The SMILES string of the molecule is CC(Cl)c1nc2cc(Cl)cnc2n1CCC(N)=O. The van der Waals surface area contributed by atoms with Crippen LogP contribution >= 0.6 is 23.2 Å². The predicted octanol–water partition coefficient (Wildman–Crippen LogP) is 2.26. The molecule has 0 radical (unpaired) electrons. The van der Waals surface area contributed by atoms with Crippen molar-refractivity contribution < 1.29 is 4.79 Å². The van der Waals surface area contributed by atoms with Crippen LogP contribution < -0.4 is 5.73 Å². The molecule has 96 valence electrons. The van der Waals surface area contributed by atoms with E-state index in [1.54, 1.807) is 10.6 Å². The number of nitrogens with zero attached hydrogens (tertiary/aromatic N) is 3. The highest BCUT2D eigenvalue weighted by molar-refractivity contribution is 6.31. The van der Waals surface area contributed by atoms with Crippen molar-refractivity contribution in [2.24, 2.45) is 5.73 Å². The molecule has 7 heteroatoms. The second-order valence-electron chi connectivity index (χ2n) is 3.95. The number of imidazole rings is 1. The van der Waals surface area contributed by atoms with Gasteiger partial charge in [0.15, 0.2) is 5.65 Å². The number of halogens is 2. The molecule has 5 nitrogen and oxygen atoms in total. The molecule has 0 aliphatic rings. The Kier molecular flexibility index (Phi) is 3.73. The second-order valence-corrected chi connectivity index (χ2v) is 5.04. The van der Waals surface area contributed by atoms with Gasteiger partial charge in [-0.15, -0.1) is 11.6 Å². The molecule has 2 aromatic heterocycles. The monoisotopic (exact) mass is 286 g/mol. The lowest BCUT2D eigenvalue weighted by Crippen LogP contribution is -2.15. The standard InChI is InChI=1S/C11H12Cl2N4O/c1-6(12)10-16-8-4-7(13)5-15-11(8)17(10)3-2-9(14)18/h4-6H,2-3H2,1H3,(H2,14,18). The van der Waals surface area contributed by atoms with E-state index >= 15 is 0 Å². The first-order chi connectivity index (χ1) is 8.49. The first kappa shape index (κ1) is 13.1. The van der Waals surface area contributed by atoms with Gasteiger partial charge in [0.05, 0.1) is 10.4 Å². The fraction of sp³-hybridized carbons (Fsp3) is 0.364. The summed E-state index contributed by atoms with van der Waals surface area (Å²) >= 11 is 11.9. The largest absolute Gasteiger partial charge is 0.370 e. The van der Waals surface area contributed by atoms with Gasteiger partial charge in [0.1, 0.15) is 11.3 Å². The molecule has 1 amide bonds. The molecule has 2 N–H and O–H groups in total. The van der Waals surface area contributed by atoms with Crippen LogP contribution in [0.4, 0.5) is 0 Å². The van der Waals surface area contributed by atoms with E-state index in [-0.39, 0.29) is 17.7 Å². The topological polar surface area (TPSA) is 73.8 Å². The van der Waals surface area contributed by atoms with Crippen LogP contribution in [0, 0.1) is 0 Å². The summed E-state index contributed by atoms with van der Waals surface area (Å²) in [7, 11) is 0. The van der Waals surface area contributed by atoms with Crippen LogP contribution in [-0.2, 0) is 11.3 Å². The summed E-state index contributed by atoms with van der Waals surface area (Å²) in [6, 6.07) is 1.72. The molecule has 1 unspecified atom stereocenters. The lowest BCUT2D eigenvalue weighted by Gasteiger charge is -2.08. The second kappa shape index (κ2) is 5.12. The number of pyridine rings is 1. The molecule has 18 heavy (non-hydrogen) atoms. The summed E-state index contributed by atoms with van der Waals surface area (Å²) in [4.78, 5) is 19.5. The third kappa shape index (κ3) is 2.57. The minimum atomic E-state index is -0.376. The smallest absolute Gasteiger partial charge is 0.219 e. The average molecular weight is 287 g/mol. The number of fused-ring (bicyclic) bond motifs is 1. The fourth-order valence-corrected chi connectivity index (χ4v) is 2.07. The summed E-state index contributed by atoms with van der Waals surface area (Å²) in [6.07, 6.45) is 1.75. The van der Waals surface area contributed by atoms with E-state index in [9.17, 15) is 4.79 Å². The molecule has 2 heterocycles. The summed E-state index contributed by atoms with van der Waals surface area (Å²) in [5.74, 6) is 0.279. The number of alkyl halides is 1. The van der Waals surface area contributed by atoms with Crippen molar-refractivity contribution in [3.63, 3.8) is 0 Å². The minimum absolute atomic E-state index is 0.215. The Balaban J connectivity index is 2.52. The number of primary amides is 1. The van der Waals surface area contributed by atoms with Crippen LogP contribution in [0.3, 0.4) is 0 Å². The quantitative estimate of drug-likeness (QED) is 0.876. The van der Waals surface area contributed by atoms with Gasteiger partial charge in [-0.3, -0.25) is 4.79 Å². The Hall–Kier alpha value is -1.33. The van der Waals surface area contributed by atoms with Gasteiger partial charge < -0.3 is 10.3 Å². The lowest BCUT2D eigenvalue weighted by atomic mass is 10.3. The molecule has 0 bridgehead atoms.